The highest BCUT2D eigenvalue weighted by Crippen LogP contribution is 2.22. The number of nitrogens with one attached hydrogen (secondary N) is 2. The lowest BCUT2D eigenvalue weighted by molar-refractivity contribution is 0.0621. The molecule has 0 bridgehead atoms. The Hall–Kier alpha value is -0.710. The normalized spacial score (nSPS) is 13.7. The summed E-state index contributed by atoms with van der Waals surface area (Å²) in [5.41, 5.74) is 0.358. The molecule has 1 aromatic carbocycles. The van der Waals surface area contributed by atoms with Gasteiger partial charge in [-0.3, -0.25) is 0 Å². The Morgan fingerprint density at radius 2 is 2.12 bits per heavy atom. The maximum absolute atomic E-state index is 13.8. The van der Waals surface area contributed by atoms with Crippen LogP contribution in [-0.4, -0.2) is 24.2 Å². The lowest BCUT2D eigenvalue weighted by Crippen LogP contribution is -2.44. The van der Waals surface area contributed by atoms with Crippen LogP contribution in [0.15, 0.2) is 44.5 Å². The molecule has 1 atom stereocenters. The van der Waals surface area contributed by atoms with Crippen molar-refractivity contribution in [2.24, 2.45) is 4.99 Å². The molecule has 2 aromatic rings. The molecule has 0 aliphatic carbocycles. The summed E-state index contributed by atoms with van der Waals surface area (Å²) >= 11 is 4.88. The molecule has 1 aromatic heterocycles. The van der Waals surface area contributed by atoms with Crippen LogP contribution in [0, 0.1) is 5.82 Å². The quantitative estimate of drug-likeness (QED) is 0.291. The van der Waals surface area contributed by atoms with E-state index in [0.29, 0.717) is 24.6 Å². The van der Waals surface area contributed by atoms with Gasteiger partial charge in [0.15, 0.2) is 5.96 Å². The second-order valence-electron chi connectivity index (χ2n) is 5.57. The Balaban J connectivity index is 0.00000312. The zero-order valence-electron chi connectivity index (χ0n) is 14.1. The van der Waals surface area contributed by atoms with E-state index in [9.17, 15) is 9.50 Å². The molecule has 2 rings (SSSR count). The van der Waals surface area contributed by atoms with Gasteiger partial charge in [0.1, 0.15) is 11.4 Å². The summed E-state index contributed by atoms with van der Waals surface area (Å²) in [4.78, 5) is 4.40. The number of halogens is 3. The van der Waals surface area contributed by atoms with Crippen LogP contribution >= 0.6 is 51.2 Å². The Morgan fingerprint density at radius 3 is 2.76 bits per heavy atom. The lowest BCUT2D eigenvalue weighted by Gasteiger charge is -2.24. The van der Waals surface area contributed by atoms with E-state index >= 15 is 0 Å². The van der Waals surface area contributed by atoms with E-state index in [-0.39, 0.29) is 36.3 Å². The molecule has 0 amide bonds. The third kappa shape index (κ3) is 6.84. The highest BCUT2D eigenvalue weighted by atomic mass is 127. The fourth-order valence-electron chi connectivity index (χ4n) is 2.10. The van der Waals surface area contributed by atoms with Gasteiger partial charge in [-0.25, -0.2) is 9.38 Å². The number of thiophene rings is 1. The van der Waals surface area contributed by atoms with Gasteiger partial charge in [-0.2, -0.15) is 11.3 Å². The molecule has 1 heterocycles. The van der Waals surface area contributed by atoms with E-state index in [1.54, 1.807) is 30.4 Å². The van der Waals surface area contributed by atoms with Gasteiger partial charge in [0.05, 0.1) is 13.1 Å². The van der Waals surface area contributed by atoms with Gasteiger partial charge in [0.25, 0.3) is 0 Å². The highest BCUT2D eigenvalue weighted by molar-refractivity contribution is 14.0. The fourth-order valence-corrected chi connectivity index (χ4v) is 3.29. The van der Waals surface area contributed by atoms with Crippen molar-refractivity contribution in [3.63, 3.8) is 0 Å². The fraction of sp³-hybridized carbons (Fsp3) is 0.353. The van der Waals surface area contributed by atoms with Crippen molar-refractivity contribution >= 4 is 57.2 Å². The first-order chi connectivity index (χ1) is 11.4. The summed E-state index contributed by atoms with van der Waals surface area (Å²) in [5, 5.41) is 20.6. The zero-order chi connectivity index (χ0) is 17.6. The number of hydrogen-bond acceptors (Lipinski definition) is 3. The minimum Gasteiger partial charge on any atom is -0.384 e. The lowest BCUT2D eigenvalue weighted by atomic mass is 9.99. The molecule has 1 unspecified atom stereocenters. The van der Waals surface area contributed by atoms with Crippen LogP contribution < -0.4 is 10.6 Å². The maximum Gasteiger partial charge on any atom is 0.191 e. The molecular formula is C17H22BrFIN3OS. The molecule has 25 heavy (non-hydrogen) atoms. The maximum atomic E-state index is 13.8. The van der Waals surface area contributed by atoms with Gasteiger partial charge < -0.3 is 15.7 Å². The third-order valence-corrected chi connectivity index (χ3v) is 4.68. The first kappa shape index (κ1) is 22.3. The third-order valence-electron chi connectivity index (χ3n) is 3.50. The van der Waals surface area contributed by atoms with Crippen LogP contribution in [0.4, 0.5) is 4.39 Å². The van der Waals surface area contributed by atoms with E-state index in [1.807, 2.05) is 23.8 Å². The van der Waals surface area contributed by atoms with Crippen molar-refractivity contribution in [1.29, 1.82) is 0 Å². The first-order valence-corrected chi connectivity index (χ1v) is 9.37. The van der Waals surface area contributed by atoms with Crippen molar-refractivity contribution in [2.45, 2.75) is 26.0 Å². The van der Waals surface area contributed by atoms with Gasteiger partial charge >= 0.3 is 0 Å². The van der Waals surface area contributed by atoms with E-state index in [1.165, 1.54) is 6.07 Å². The van der Waals surface area contributed by atoms with E-state index in [4.69, 9.17) is 0 Å². The van der Waals surface area contributed by atoms with Gasteiger partial charge in [-0.1, -0.05) is 15.9 Å². The van der Waals surface area contributed by atoms with Crippen molar-refractivity contribution < 1.29 is 9.50 Å². The molecule has 0 saturated carbocycles. The Labute approximate surface area is 177 Å². The molecule has 0 radical (unpaired) electrons. The molecule has 138 valence electrons. The highest BCUT2D eigenvalue weighted by Gasteiger charge is 2.23. The molecule has 4 nitrogen and oxygen atoms in total. The molecule has 0 fully saturated rings. The SMILES string of the molecule is CCNC(=NCc1cc(Br)ccc1F)NCC(C)(O)c1ccsc1.I. The predicted molar refractivity (Wildman–Crippen MR) is 116 cm³/mol. The van der Waals surface area contributed by atoms with Crippen molar-refractivity contribution in [1.82, 2.24) is 10.6 Å². The predicted octanol–water partition coefficient (Wildman–Crippen LogP) is 4.23. The van der Waals surface area contributed by atoms with Gasteiger partial charge in [0.2, 0.25) is 0 Å². The van der Waals surface area contributed by atoms with Gasteiger partial charge in [-0.05, 0) is 54.4 Å². The van der Waals surface area contributed by atoms with Crippen molar-refractivity contribution in [3.05, 3.63) is 56.4 Å². The summed E-state index contributed by atoms with van der Waals surface area (Å²) in [6.45, 7) is 4.89. The minimum absolute atomic E-state index is 0. The van der Waals surface area contributed by atoms with Crippen LogP contribution in [-0.2, 0) is 12.1 Å². The second kappa shape index (κ2) is 10.4. The number of nitrogens with zero attached hydrogens (tertiary/aromatic N) is 1. The number of guanidine groups is 1. The van der Waals surface area contributed by atoms with Crippen LogP contribution in [0.1, 0.15) is 25.0 Å². The number of benzene rings is 1. The summed E-state index contributed by atoms with van der Waals surface area (Å²) in [6, 6.07) is 6.68. The van der Waals surface area contributed by atoms with Crippen molar-refractivity contribution in [3.8, 4) is 0 Å². The Morgan fingerprint density at radius 1 is 1.36 bits per heavy atom. The van der Waals surface area contributed by atoms with E-state index in [2.05, 4.69) is 31.6 Å². The molecule has 0 aliphatic rings. The van der Waals surface area contributed by atoms with Gasteiger partial charge in [0, 0.05) is 16.6 Å². The van der Waals surface area contributed by atoms with Crippen molar-refractivity contribution in [2.75, 3.05) is 13.1 Å². The standard InChI is InChI=1S/C17H21BrFN3OS.HI/c1-3-20-16(21-9-12-8-14(18)4-5-15(12)19)22-11-17(2,23)13-6-7-24-10-13;/h4-8,10,23H,3,9,11H2,1-2H3,(H2,20,21,22);1H. The minimum atomic E-state index is -1.00. The molecule has 3 N–H and O–H groups in total. The Bertz CT molecular complexity index is 695. The molecule has 0 saturated heterocycles. The van der Waals surface area contributed by atoms with Crippen LogP contribution in [0.5, 0.6) is 0 Å². The molecular weight excluding hydrogens is 520 g/mol. The topological polar surface area (TPSA) is 56.7 Å². The number of aliphatic imine (C=N–C) groups is 1. The number of aliphatic hydroxyl groups is 1. The average Bonchev–Trinajstić information content (AvgIpc) is 3.08. The largest absolute Gasteiger partial charge is 0.384 e. The number of rotatable bonds is 6. The monoisotopic (exact) mass is 541 g/mol. The smallest absolute Gasteiger partial charge is 0.191 e. The molecule has 0 spiro atoms. The summed E-state index contributed by atoms with van der Waals surface area (Å²) in [5.74, 6) is 0.246. The summed E-state index contributed by atoms with van der Waals surface area (Å²) in [7, 11) is 0. The van der Waals surface area contributed by atoms with Crippen LogP contribution in [0.3, 0.4) is 0 Å². The van der Waals surface area contributed by atoms with E-state index < -0.39 is 5.60 Å². The van der Waals surface area contributed by atoms with Crippen LogP contribution in [0.2, 0.25) is 0 Å². The van der Waals surface area contributed by atoms with Crippen LogP contribution in [0.25, 0.3) is 0 Å². The zero-order valence-corrected chi connectivity index (χ0v) is 18.8. The second-order valence-corrected chi connectivity index (χ2v) is 7.27. The summed E-state index contributed by atoms with van der Waals surface area (Å²) < 4.78 is 14.6. The summed E-state index contributed by atoms with van der Waals surface area (Å²) in [6.07, 6.45) is 0. The first-order valence-electron chi connectivity index (χ1n) is 7.63. The Kier molecular flexibility index (Phi) is 9.33. The molecule has 0 aliphatic heterocycles. The molecule has 8 heteroatoms. The average molecular weight is 542 g/mol. The van der Waals surface area contributed by atoms with Gasteiger partial charge in [-0.15, -0.1) is 24.0 Å². The number of hydrogen-bond donors (Lipinski definition) is 3. The van der Waals surface area contributed by atoms with E-state index in [0.717, 1.165) is 10.0 Å².